The average molecular weight is 522 g/mol. The van der Waals surface area contributed by atoms with Gasteiger partial charge in [-0.05, 0) is 88.7 Å². The Labute approximate surface area is 222 Å². The molecule has 1 N–H and O–H groups in total. The van der Waals surface area contributed by atoms with Crippen molar-refractivity contribution in [3.05, 3.63) is 53.6 Å². The van der Waals surface area contributed by atoms with Crippen molar-refractivity contribution in [1.29, 1.82) is 0 Å². The third-order valence-corrected chi connectivity index (χ3v) is 8.54. The van der Waals surface area contributed by atoms with Gasteiger partial charge in [-0.1, -0.05) is 6.92 Å². The molecule has 0 spiro atoms. The fourth-order valence-corrected chi connectivity index (χ4v) is 5.15. The second-order valence-corrected chi connectivity index (χ2v) is 11.9. The standard InChI is InChI=1S/C17H14FN3O.C12H22N2O2/c1-17(6-7-17)14-8-15(11-2-4-12(18)5-3-11)20-21-9-13(10-22)19-16(14)21;1-11(2)9-14(8-7-13(11)3)10(15)12(16)5-4-6-12/h2-5,8-10H,6-7H2,1H3;16H,4-9H2,1-3H3. The molecule has 0 atom stereocenters. The van der Waals surface area contributed by atoms with E-state index in [2.05, 4.69) is 42.8 Å². The molecule has 0 unspecified atom stereocenters. The van der Waals surface area contributed by atoms with E-state index < -0.39 is 5.60 Å². The Morgan fingerprint density at radius 3 is 2.32 bits per heavy atom. The van der Waals surface area contributed by atoms with Crippen LogP contribution in [0.25, 0.3) is 16.9 Å². The molecule has 3 heterocycles. The molecule has 1 amide bonds. The highest BCUT2D eigenvalue weighted by Crippen LogP contribution is 2.49. The van der Waals surface area contributed by atoms with Gasteiger partial charge in [0.05, 0.1) is 11.9 Å². The number of fused-ring (bicyclic) bond motifs is 1. The van der Waals surface area contributed by atoms with Crippen molar-refractivity contribution in [2.45, 2.75) is 69.4 Å². The number of piperazine rings is 1. The second kappa shape index (κ2) is 9.54. The lowest BCUT2D eigenvalue weighted by Crippen LogP contribution is -2.63. The van der Waals surface area contributed by atoms with E-state index in [0.29, 0.717) is 25.1 Å². The Kier molecular flexibility index (Phi) is 6.64. The highest BCUT2D eigenvalue weighted by Gasteiger charge is 2.46. The maximum Gasteiger partial charge on any atom is 0.254 e. The summed E-state index contributed by atoms with van der Waals surface area (Å²) in [7, 11) is 2.08. The summed E-state index contributed by atoms with van der Waals surface area (Å²) in [5.41, 5.74) is 2.85. The van der Waals surface area contributed by atoms with Crippen LogP contribution in [-0.4, -0.2) is 79.5 Å². The van der Waals surface area contributed by atoms with Gasteiger partial charge in [0, 0.05) is 36.3 Å². The van der Waals surface area contributed by atoms with Gasteiger partial charge in [-0.25, -0.2) is 13.9 Å². The molecule has 2 aliphatic carbocycles. The number of aromatic nitrogens is 3. The summed E-state index contributed by atoms with van der Waals surface area (Å²) >= 11 is 0. The minimum Gasteiger partial charge on any atom is -0.380 e. The van der Waals surface area contributed by atoms with E-state index in [4.69, 9.17) is 0 Å². The van der Waals surface area contributed by atoms with E-state index in [9.17, 15) is 19.1 Å². The van der Waals surface area contributed by atoms with Crippen molar-refractivity contribution in [3.8, 4) is 11.3 Å². The van der Waals surface area contributed by atoms with Crippen LogP contribution >= 0.6 is 0 Å². The predicted octanol–water partition coefficient (Wildman–Crippen LogP) is 3.85. The summed E-state index contributed by atoms with van der Waals surface area (Å²) in [5, 5.41) is 14.6. The van der Waals surface area contributed by atoms with Gasteiger partial charge in [-0.15, -0.1) is 0 Å². The Morgan fingerprint density at radius 1 is 1.08 bits per heavy atom. The van der Waals surface area contributed by atoms with E-state index in [1.165, 1.54) is 12.1 Å². The quantitative estimate of drug-likeness (QED) is 0.525. The minimum atomic E-state index is -1.04. The number of hydrogen-bond acceptors (Lipinski definition) is 6. The molecule has 2 saturated carbocycles. The molecule has 202 valence electrons. The second-order valence-electron chi connectivity index (χ2n) is 11.9. The molecule has 0 bridgehead atoms. The number of imidazole rings is 1. The first-order valence-corrected chi connectivity index (χ1v) is 13.3. The normalized spacial score (nSPS) is 21.3. The van der Waals surface area contributed by atoms with Gasteiger partial charge < -0.3 is 10.0 Å². The molecule has 9 heteroatoms. The molecule has 1 aliphatic heterocycles. The molecule has 3 fully saturated rings. The van der Waals surface area contributed by atoms with E-state index in [1.54, 1.807) is 22.8 Å². The van der Waals surface area contributed by atoms with Gasteiger partial charge >= 0.3 is 0 Å². The van der Waals surface area contributed by atoms with E-state index in [1.807, 2.05) is 11.0 Å². The van der Waals surface area contributed by atoms with Crippen LogP contribution in [0.1, 0.15) is 68.9 Å². The van der Waals surface area contributed by atoms with Gasteiger partial charge in [0.1, 0.15) is 17.1 Å². The molecule has 6 rings (SSSR count). The smallest absolute Gasteiger partial charge is 0.254 e. The highest BCUT2D eigenvalue weighted by atomic mass is 19.1. The number of carbonyl (C=O) groups is 2. The topological polar surface area (TPSA) is 91.0 Å². The van der Waals surface area contributed by atoms with Crippen molar-refractivity contribution in [2.75, 3.05) is 26.7 Å². The van der Waals surface area contributed by atoms with Gasteiger partial charge in [-0.2, -0.15) is 5.10 Å². The number of benzene rings is 1. The molecule has 1 saturated heterocycles. The van der Waals surface area contributed by atoms with E-state index in [0.717, 1.165) is 61.1 Å². The van der Waals surface area contributed by atoms with Crippen molar-refractivity contribution >= 4 is 17.8 Å². The molecule has 8 nitrogen and oxygen atoms in total. The van der Waals surface area contributed by atoms with Crippen LogP contribution in [0.15, 0.2) is 36.5 Å². The Morgan fingerprint density at radius 2 is 1.76 bits per heavy atom. The van der Waals surface area contributed by atoms with Crippen LogP contribution in [-0.2, 0) is 10.2 Å². The van der Waals surface area contributed by atoms with Crippen LogP contribution in [0.4, 0.5) is 4.39 Å². The Hall–Kier alpha value is -3.17. The molecule has 2 aromatic heterocycles. The molecule has 3 aromatic rings. The number of halogens is 1. The average Bonchev–Trinajstić information content (AvgIpc) is 3.48. The monoisotopic (exact) mass is 521 g/mol. The third-order valence-electron chi connectivity index (χ3n) is 8.54. The van der Waals surface area contributed by atoms with Crippen LogP contribution in [0.3, 0.4) is 0 Å². The van der Waals surface area contributed by atoms with Crippen molar-refractivity contribution in [3.63, 3.8) is 0 Å². The molecule has 38 heavy (non-hydrogen) atoms. The van der Waals surface area contributed by atoms with Gasteiger partial charge in [0.2, 0.25) is 0 Å². The maximum atomic E-state index is 13.1. The van der Waals surface area contributed by atoms with E-state index in [-0.39, 0.29) is 22.7 Å². The minimum absolute atomic E-state index is 0.00795. The summed E-state index contributed by atoms with van der Waals surface area (Å²) in [6.07, 6.45) is 6.80. The van der Waals surface area contributed by atoms with E-state index >= 15 is 0 Å². The number of hydrogen-bond donors (Lipinski definition) is 1. The zero-order valence-electron chi connectivity index (χ0n) is 22.6. The maximum absolute atomic E-state index is 13.1. The van der Waals surface area contributed by atoms with Crippen LogP contribution in [0, 0.1) is 5.82 Å². The first-order chi connectivity index (χ1) is 17.9. The fraction of sp³-hybridized carbons (Fsp3) is 0.517. The van der Waals surface area contributed by atoms with Gasteiger partial charge in [0.25, 0.3) is 5.91 Å². The first-order valence-electron chi connectivity index (χ1n) is 13.3. The lowest BCUT2D eigenvalue weighted by Gasteiger charge is -2.48. The van der Waals surface area contributed by atoms with Crippen molar-refractivity contribution in [1.82, 2.24) is 24.4 Å². The van der Waals surface area contributed by atoms with Crippen molar-refractivity contribution in [2.24, 2.45) is 0 Å². The third kappa shape index (κ3) is 4.97. The SMILES string of the molecule is CC1(c2cc(-c3ccc(F)cc3)nn3cc(C=O)nc23)CC1.CN1CCN(C(=O)C2(O)CCC2)CC1(C)C. The fourth-order valence-electron chi connectivity index (χ4n) is 5.15. The summed E-state index contributed by atoms with van der Waals surface area (Å²) in [5.74, 6) is -0.329. The molecule has 0 radical (unpaired) electrons. The largest absolute Gasteiger partial charge is 0.380 e. The number of aliphatic hydroxyl groups is 1. The number of carbonyl (C=O) groups excluding carboxylic acids is 2. The zero-order valence-corrected chi connectivity index (χ0v) is 22.6. The molecule has 1 aromatic carbocycles. The van der Waals surface area contributed by atoms with Crippen LogP contribution in [0.2, 0.25) is 0 Å². The van der Waals surface area contributed by atoms with Gasteiger partial charge in [0.15, 0.2) is 11.9 Å². The summed E-state index contributed by atoms with van der Waals surface area (Å²) in [4.78, 5) is 31.6. The highest BCUT2D eigenvalue weighted by molar-refractivity contribution is 5.86. The van der Waals surface area contributed by atoms with Crippen LogP contribution < -0.4 is 0 Å². The lowest BCUT2D eigenvalue weighted by molar-refractivity contribution is -0.164. The molecular weight excluding hydrogens is 485 g/mol. The molecular formula is C29H36FN5O3. The number of nitrogens with zero attached hydrogens (tertiary/aromatic N) is 5. The summed E-state index contributed by atoms with van der Waals surface area (Å²) in [6.45, 7) is 8.79. The summed E-state index contributed by atoms with van der Waals surface area (Å²) < 4.78 is 14.8. The van der Waals surface area contributed by atoms with Gasteiger partial charge in [-0.3, -0.25) is 14.5 Å². The number of rotatable bonds is 4. The first kappa shape index (κ1) is 26.4. The van der Waals surface area contributed by atoms with Crippen LogP contribution in [0.5, 0.6) is 0 Å². The van der Waals surface area contributed by atoms with Crippen molar-refractivity contribution < 1.29 is 19.1 Å². The Bertz CT molecular complexity index is 1360. The predicted molar refractivity (Wildman–Crippen MR) is 142 cm³/mol. The zero-order chi connectivity index (χ0) is 27.3. The molecule has 3 aliphatic rings. The number of aldehydes is 1. The Balaban J connectivity index is 0.000000163. The summed E-state index contributed by atoms with van der Waals surface area (Å²) in [6, 6.07) is 8.27. The lowest BCUT2D eigenvalue weighted by atomic mass is 9.78. The number of likely N-dealkylation sites (N-methyl/N-ethyl adjacent to an activating group) is 1. The number of amides is 1.